The lowest BCUT2D eigenvalue weighted by Crippen LogP contribution is -2.11. The van der Waals surface area contributed by atoms with Gasteiger partial charge < -0.3 is 0 Å². The first-order valence-electron chi connectivity index (χ1n) is 11.0. The topological polar surface area (TPSA) is 0 Å². The molecule has 0 N–H and O–H groups in total. The Morgan fingerprint density at radius 3 is 1.67 bits per heavy atom. The average Bonchev–Trinajstić information content (AvgIpc) is 2.69. The van der Waals surface area contributed by atoms with Crippen LogP contribution in [0.25, 0.3) is 11.1 Å². The van der Waals surface area contributed by atoms with Crippen molar-refractivity contribution in [3.63, 3.8) is 0 Å². The molecule has 0 aliphatic heterocycles. The Bertz CT molecular complexity index is 751. The molecule has 0 spiro atoms. The Morgan fingerprint density at radius 2 is 1.15 bits per heavy atom. The molecular weight excluding hydrogens is 331 g/mol. The largest absolute Gasteiger partial charge is 0.206 e. The minimum atomic E-state index is -0.0645. The highest BCUT2D eigenvalue weighted by atomic mass is 19.1. The smallest absolute Gasteiger partial charge is 0.131 e. The van der Waals surface area contributed by atoms with Gasteiger partial charge >= 0.3 is 0 Å². The summed E-state index contributed by atoms with van der Waals surface area (Å²) >= 11 is 0. The maximum atomic E-state index is 14.9. The molecule has 27 heavy (non-hydrogen) atoms. The van der Waals surface area contributed by atoms with Crippen molar-refractivity contribution in [3.8, 4) is 11.1 Å². The lowest BCUT2D eigenvalue weighted by atomic mass is 9.79. The summed E-state index contributed by atoms with van der Waals surface area (Å²) in [7, 11) is 0. The van der Waals surface area contributed by atoms with E-state index in [1.807, 2.05) is 6.07 Å². The SMILES string of the molecule is CC1CCC(c2ccc(-c3ccc(C4CCC(C)CC4)cc3F)cc2)CC1.[HH]. The predicted molar refractivity (Wildman–Crippen MR) is 115 cm³/mol. The first kappa shape index (κ1) is 18.7. The van der Waals surface area contributed by atoms with Crippen molar-refractivity contribution < 1.29 is 5.82 Å². The van der Waals surface area contributed by atoms with Crippen LogP contribution in [-0.2, 0) is 0 Å². The molecule has 2 aromatic rings. The second-order valence-electron chi connectivity index (χ2n) is 9.27. The summed E-state index contributed by atoms with van der Waals surface area (Å²) in [5, 5.41) is 0. The third-order valence-electron chi connectivity index (χ3n) is 7.19. The van der Waals surface area contributed by atoms with E-state index in [0.29, 0.717) is 11.8 Å². The summed E-state index contributed by atoms with van der Waals surface area (Å²) in [4.78, 5) is 0. The summed E-state index contributed by atoms with van der Waals surface area (Å²) in [6.07, 6.45) is 10.2. The fourth-order valence-electron chi connectivity index (χ4n) is 5.14. The minimum Gasteiger partial charge on any atom is -0.206 e. The average molecular weight is 367 g/mol. The summed E-state index contributed by atoms with van der Waals surface area (Å²) in [6.45, 7) is 4.69. The number of hydrogen-bond donors (Lipinski definition) is 0. The van der Waals surface area contributed by atoms with Crippen LogP contribution < -0.4 is 0 Å². The van der Waals surface area contributed by atoms with Crippen molar-refractivity contribution in [2.75, 3.05) is 0 Å². The zero-order valence-corrected chi connectivity index (χ0v) is 16.9. The quantitative estimate of drug-likeness (QED) is 0.512. The van der Waals surface area contributed by atoms with Gasteiger partial charge in [-0.2, -0.15) is 0 Å². The van der Waals surface area contributed by atoms with Crippen LogP contribution in [0.3, 0.4) is 0 Å². The van der Waals surface area contributed by atoms with Crippen LogP contribution >= 0.6 is 0 Å². The lowest BCUT2D eigenvalue weighted by Gasteiger charge is -2.27. The molecule has 0 aromatic heterocycles. The first-order valence-corrected chi connectivity index (χ1v) is 11.0. The summed E-state index contributed by atoms with van der Waals surface area (Å²) in [5.74, 6) is 2.87. The van der Waals surface area contributed by atoms with Gasteiger partial charge in [-0.3, -0.25) is 0 Å². The van der Waals surface area contributed by atoms with Gasteiger partial charge in [0.05, 0.1) is 0 Å². The van der Waals surface area contributed by atoms with Gasteiger partial charge in [0.1, 0.15) is 5.82 Å². The third-order valence-corrected chi connectivity index (χ3v) is 7.19. The van der Waals surface area contributed by atoms with Gasteiger partial charge in [0, 0.05) is 6.99 Å². The third kappa shape index (κ3) is 4.28. The molecule has 0 saturated heterocycles. The van der Waals surface area contributed by atoms with E-state index in [1.165, 1.54) is 62.5 Å². The number of rotatable bonds is 3. The second kappa shape index (κ2) is 8.17. The van der Waals surface area contributed by atoms with Gasteiger partial charge in [-0.15, -0.1) is 0 Å². The van der Waals surface area contributed by atoms with Crippen molar-refractivity contribution in [2.24, 2.45) is 11.8 Å². The molecule has 2 aliphatic rings. The Labute approximate surface area is 165 Å². The summed E-state index contributed by atoms with van der Waals surface area (Å²) in [6, 6.07) is 14.7. The molecule has 146 valence electrons. The van der Waals surface area contributed by atoms with Crippen LogP contribution in [0.1, 0.15) is 89.6 Å². The Hall–Kier alpha value is -1.63. The molecule has 2 saturated carbocycles. The van der Waals surface area contributed by atoms with Gasteiger partial charge in [0.25, 0.3) is 0 Å². The highest BCUT2D eigenvalue weighted by molar-refractivity contribution is 5.65. The van der Waals surface area contributed by atoms with Crippen LogP contribution in [-0.4, -0.2) is 0 Å². The van der Waals surface area contributed by atoms with Crippen LogP contribution in [0.2, 0.25) is 0 Å². The highest BCUT2D eigenvalue weighted by Crippen LogP contribution is 2.38. The molecule has 0 heterocycles. The standard InChI is InChI=1S/C26H33F.H2/c1-18-3-7-20(8-4-18)21-11-13-23(14-12-21)25-16-15-24(17-26(25)27)22-9-5-19(2)6-10-22;/h11-20,22H,3-10H2,1-2H3;1H. The van der Waals surface area contributed by atoms with Crippen molar-refractivity contribution in [1.82, 2.24) is 0 Å². The van der Waals surface area contributed by atoms with Crippen molar-refractivity contribution in [1.29, 1.82) is 0 Å². The van der Waals surface area contributed by atoms with Crippen LogP contribution in [0.5, 0.6) is 0 Å². The monoisotopic (exact) mass is 366 g/mol. The maximum Gasteiger partial charge on any atom is 0.131 e. The minimum absolute atomic E-state index is 0. The molecule has 0 radical (unpaired) electrons. The zero-order valence-electron chi connectivity index (χ0n) is 16.9. The van der Waals surface area contributed by atoms with E-state index in [9.17, 15) is 4.39 Å². The molecule has 0 amide bonds. The molecule has 0 atom stereocenters. The molecule has 2 aromatic carbocycles. The van der Waals surface area contributed by atoms with Crippen molar-refractivity contribution >= 4 is 0 Å². The Kier molecular flexibility index (Phi) is 5.66. The zero-order chi connectivity index (χ0) is 18.8. The number of halogens is 1. The molecule has 0 unspecified atom stereocenters. The molecule has 1 heteroatoms. The van der Waals surface area contributed by atoms with E-state index >= 15 is 0 Å². The summed E-state index contributed by atoms with van der Waals surface area (Å²) in [5.41, 5.74) is 4.37. The van der Waals surface area contributed by atoms with E-state index in [0.717, 1.165) is 23.0 Å². The van der Waals surface area contributed by atoms with E-state index in [2.05, 4.69) is 44.2 Å². The fraction of sp³-hybridized carbons (Fsp3) is 0.538. The molecule has 2 fully saturated rings. The molecule has 4 rings (SSSR count). The molecule has 2 aliphatic carbocycles. The van der Waals surface area contributed by atoms with E-state index in [4.69, 9.17) is 0 Å². The predicted octanol–water partition coefficient (Wildman–Crippen LogP) is 8.33. The Morgan fingerprint density at radius 1 is 0.667 bits per heavy atom. The van der Waals surface area contributed by atoms with E-state index < -0.39 is 0 Å². The van der Waals surface area contributed by atoms with Crippen molar-refractivity contribution in [2.45, 2.75) is 77.0 Å². The molecule has 0 bridgehead atoms. The molecule has 0 nitrogen and oxygen atoms in total. The molecular formula is C26H35F. The maximum absolute atomic E-state index is 14.9. The second-order valence-corrected chi connectivity index (χ2v) is 9.27. The number of hydrogen-bond acceptors (Lipinski definition) is 0. The normalized spacial score (nSPS) is 28.9. The van der Waals surface area contributed by atoms with Gasteiger partial charge in [-0.1, -0.05) is 75.9 Å². The number of benzene rings is 2. The van der Waals surface area contributed by atoms with E-state index in [-0.39, 0.29) is 7.24 Å². The summed E-state index contributed by atoms with van der Waals surface area (Å²) < 4.78 is 14.9. The fourth-order valence-corrected chi connectivity index (χ4v) is 5.14. The first-order chi connectivity index (χ1) is 13.1. The van der Waals surface area contributed by atoms with Crippen LogP contribution in [0.15, 0.2) is 42.5 Å². The van der Waals surface area contributed by atoms with Gasteiger partial charge in [0.15, 0.2) is 0 Å². The van der Waals surface area contributed by atoms with Gasteiger partial charge in [-0.25, -0.2) is 4.39 Å². The van der Waals surface area contributed by atoms with Crippen LogP contribution in [0, 0.1) is 17.7 Å². The van der Waals surface area contributed by atoms with Crippen LogP contribution in [0.4, 0.5) is 4.39 Å². The highest BCUT2D eigenvalue weighted by Gasteiger charge is 2.22. The lowest BCUT2D eigenvalue weighted by molar-refractivity contribution is 0.347. The Balaban J connectivity index is 0.00000225. The van der Waals surface area contributed by atoms with E-state index in [1.54, 1.807) is 6.07 Å². The van der Waals surface area contributed by atoms with Gasteiger partial charge in [-0.05, 0) is 72.1 Å². The van der Waals surface area contributed by atoms with Gasteiger partial charge in [0.2, 0.25) is 0 Å². The van der Waals surface area contributed by atoms with Crippen molar-refractivity contribution in [3.05, 3.63) is 59.4 Å².